The van der Waals surface area contributed by atoms with Gasteiger partial charge in [0.25, 0.3) is 11.5 Å². The number of carbonyl (C=O) groups excluding carboxylic acids is 1. The van der Waals surface area contributed by atoms with Crippen molar-refractivity contribution in [1.29, 1.82) is 0 Å². The molecular formula is C25H30N4O3S. The summed E-state index contributed by atoms with van der Waals surface area (Å²) in [5, 5.41) is 0.803. The van der Waals surface area contributed by atoms with Gasteiger partial charge in [0.1, 0.15) is 16.4 Å². The molecule has 3 aromatic rings. The Kier molecular flexibility index (Phi) is 6.21. The number of ether oxygens (including phenoxy) is 1. The summed E-state index contributed by atoms with van der Waals surface area (Å²) in [6.45, 7) is 7.47. The van der Waals surface area contributed by atoms with Gasteiger partial charge in [-0.25, -0.2) is 4.98 Å². The van der Waals surface area contributed by atoms with Gasteiger partial charge in [0.2, 0.25) is 0 Å². The van der Waals surface area contributed by atoms with Crippen molar-refractivity contribution in [3.05, 3.63) is 55.9 Å². The van der Waals surface area contributed by atoms with Gasteiger partial charge >= 0.3 is 0 Å². The highest BCUT2D eigenvalue weighted by Crippen LogP contribution is 2.33. The fourth-order valence-corrected chi connectivity index (χ4v) is 6.12. The van der Waals surface area contributed by atoms with Gasteiger partial charge < -0.3 is 14.6 Å². The van der Waals surface area contributed by atoms with E-state index in [1.807, 2.05) is 30.9 Å². The van der Waals surface area contributed by atoms with E-state index in [9.17, 15) is 9.59 Å². The quantitative estimate of drug-likeness (QED) is 0.625. The third-order valence-electron chi connectivity index (χ3n) is 6.65. The Balaban J connectivity index is 1.17. The largest absolute Gasteiger partial charge is 0.484 e. The first-order chi connectivity index (χ1) is 16.0. The van der Waals surface area contributed by atoms with Crippen LogP contribution in [0.3, 0.4) is 0 Å². The highest BCUT2D eigenvalue weighted by atomic mass is 32.1. The lowest BCUT2D eigenvalue weighted by atomic mass is 9.97. The van der Waals surface area contributed by atoms with Crippen LogP contribution >= 0.6 is 11.3 Å². The fraction of sp³-hybridized carbons (Fsp3) is 0.480. The second kappa shape index (κ2) is 9.27. The summed E-state index contributed by atoms with van der Waals surface area (Å²) in [4.78, 5) is 39.5. The molecule has 1 fully saturated rings. The van der Waals surface area contributed by atoms with E-state index in [1.165, 1.54) is 22.4 Å². The number of aryl methyl sites for hydroxylation is 4. The lowest BCUT2D eigenvalue weighted by Gasteiger charge is -2.34. The minimum atomic E-state index is -0.00763. The highest BCUT2D eigenvalue weighted by Gasteiger charge is 2.24. The first kappa shape index (κ1) is 22.1. The van der Waals surface area contributed by atoms with Crippen LogP contribution in [-0.2, 0) is 24.2 Å². The molecule has 7 nitrogen and oxygen atoms in total. The monoisotopic (exact) mass is 466 g/mol. The zero-order valence-corrected chi connectivity index (χ0v) is 20.1. The summed E-state index contributed by atoms with van der Waals surface area (Å²) >= 11 is 1.68. The van der Waals surface area contributed by atoms with Gasteiger partial charge in [-0.15, -0.1) is 11.3 Å². The number of hydrogen-bond acceptors (Lipinski definition) is 6. The molecule has 1 N–H and O–H groups in total. The fourth-order valence-electron chi connectivity index (χ4n) is 4.84. The van der Waals surface area contributed by atoms with Crippen molar-refractivity contribution in [2.75, 3.05) is 32.8 Å². The lowest BCUT2D eigenvalue weighted by molar-refractivity contribution is -0.135. The lowest BCUT2D eigenvalue weighted by Crippen LogP contribution is -2.49. The summed E-state index contributed by atoms with van der Waals surface area (Å²) < 4.78 is 5.76. The molecule has 1 aliphatic heterocycles. The average Bonchev–Trinajstić information content (AvgIpc) is 3.17. The molecular weight excluding hydrogens is 436 g/mol. The average molecular weight is 467 g/mol. The van der Waals surface area contributed by atoms with Crippen molar-refractivity contribution in [2.24, 2.45) is 0 Å². The summed E-state index contributed by atoms with van der Waals surface area (Å²) in [7, 11) is 0. The van der Waals surface area contributed by atoms with E-state index >= 15 is 0 Å². The normalized spacial score (nSPS) is 16.7. The number of H-pyrrole nitrogens is 1. The number of rotatable bonds is 5. The van der Waals surface area contributed by atoms with Crippen LogP contribution in [0.2, 0.25) is 0 Å². The van der Waals surface area contributed by atoms with Crippen molar-refractivity contribution in [2.45, 2.75) is 46.1 Å². The second-order valence-corrected chi connectivity index (χ2v) is 10.2. The number of piperazine rings is 1. The van der Waals surface area contributed by atoms with Gasteiger partial charge in [0.15, 0.2) is 6.61 Å². The van der Waals surface area contributed by atoms with Crippen LogP contribution in [0.5, 0.6) is 5.75 Å². The Hall–Kier alpha value is -2.71. The molecule has 2 aliphatic rings. The van der Waals surface area contributed by atoms with Gasteiger partial charge in [0.05, 0.1) is 11.9 Å². The molecule has 1 saturated heterocycles. The zero-order valence-electron chi connectivity index (χ0n) is 19.3. The van der Waals surface area contributed by atoms with Crippen LogP contribution in [0.1, 0.15) is 40.2 Å². The summed E-state index contributed by atoms with van der Waals surface area (Å²) in [6.07, 6.45) is 4.40. The number of carbonyl (C=O) groups is 1. The standard InChI is InChI=1S/C25H30N4O3S/c1-16-7-8-19(17(2)13-16)32-15-22(30)29-11-9-28(10-12-29)14-21-26-24(31)23-18-5-3-4-6-20(18)33-25(23)27-21/h7-8,13H,3-6,9-12,14-15H2,1-2H3,(H,26,27,31). The Bertz CT molecular complexity index is 1240. The van der Waals surface area contributed by atoms with E-state index in [2.05, 4.69) is 16.0 Å². The van der Waals surface area contributed by atoms with Crippen molar-refractivity contribution >= 4 is 27.5 Å². The van der Waals surface area contributed by atoms with Crippen molar-refractivity contribution in [1.82, 2.24) is 19.8 Å². The number of benzene rings is 1. The number of nitrogens with one attached hydrogen (secondary N) is 1. The molecule has 8 heteroatoms. The Labute approximate surface area is 197 Å². The van der Waals surface area contributed by atoms with E-state index in [0.717, 1.165) is 53.9 Å². The molecule has 174 valence electrons. The molecule has 0 saturated carbocycles. The third kappa shape index (κ3) is 4.68. The van der Waals surface area contributed by atoms with E-state index < -0.39 is 0 Å². The first-order valence-electron chi connectivity index (χ1n) is 11.7. The Morgan fingerprint density at radius 3 is 2.73 bits per heavy atom. The number of aromatic amines is 1. The molecule has 0 bridgehead atoms. The number of nitrogens with zero attached hydrogens (tertiary/aromatic N) is 3. The molecule has 1 aliphatic carbocycles. The topological polar surface area (TPSA) is 78.5 Å². The van der Waals surface area contributed by atoms with Gasteiger partial charge in [-0.3, -0.25) is 14.5 Å². The van der Waals surface area contributed by atoms with Crippen LogP contribution in [0, 0.1) is 13.8 Å². The van der Waals surface area contributed by atoms with E-state index in [0.29, 0.717) is 25.5 Å². The van der Waals surface area contributed by atoms with E-state index in [-0.39, 0.29) is 18.1 Å². The van der Waals surface area contributed by atoms with Gasteiger partial charge in [-0.05, 0) is 56.7 Å². The molecule has 5 rings (SSSR count). The van der Waals surface area contributed by atoms with Crippen LogP contribution in [0.4, 0.5) is 0 Å². The smallest absolute Gasteiger partial charge is 0.260 e. The first-order valence-corrected chi connectivity index (χ1v) is 12.5. The van der Waals surface area contributed by atoms with Gasteiger partial charge in [-0.2, -0.15) is 0 Å². The molecule has 33 heavy (non-hydrogen) atoms. The molecule has 0 unspecified atom stereocenters. The maximum atomic E-state index is 12.8. The van der Waals surface area contributed by atoms with Crippen molar-refractivity contribution < 1.29 is 9.53 Å². The molecule has 0 radical (unpaired) electrons. The number of thiophene rings is 1. The second-order valence-electron chi connectivity index (χ2n) is 9.12. The molecule has 2 aromatic heterocycles. The zero-order chi connectivity index (χ0) is 22.9. The number of amides is 1. The summed E-state index contributed by atoms with van der Waals surface area (Å²) in [5.74, 6) is 1.48. The SMILES string of the molecule is Cc1ccc(OCC(=O)N2CCN(Cc3nc4sc5c(c4c(=O)[nH]3)CCCC5)CC2)c(C)c1. The number of aromatic nitrogens is 2. The maximum Gasteiger partial charge on any atom is 0.260 e. The van der Waals surface area contributed by atoms with Crippen molar-refractivity contribution in [3.63, 3.8) is 0 Å². The highest BCUT2D eigenvalue weighted by molar-refractivity contribution is 7.18. The molecule has 1 amide bonds. The maximum absolute atomic E-state index is 12.8. The van der Waals surface area contributed by atoms with Gasteiger partial charge in [-0.1, -0.05) is 17.7 Å². The Morgan fingerprint density at radius 2 is 1.94 bits per heavy atom. The molecule has 0 atom stereocenters. The van der Waals surface area contributed by atoms with Crippen LogP contribution in [-0.4, -0.2) is 58.5 Å². The van der Waals surface area contributed by atoms with E-state index in [4.69, 9.17) is 9.72 Å². The predicted molar refractivity (Wildman–Crippen MR) is 130 cm³/mol. The molecule has 1 aromatic carbocycles. The minimum Gasteiger partial charge on any atom is -0.484 e. The van der Waals surface area contributed by atoms with Gasteiger partial charge in [0, 0.05) is 31.1 Å². The third-order valence-corrected chi connectivity index (χ3v) is 7.84. The molecule has 3 heterocycles. The van der Waals surface area contributed by atoms with Crippen LogP contribution in [0.15, 0.2) is 23.0 Å². The van der Waals surface area contributed by atoms with E-state index in [1.54, 1.807) is 11.3 Å². The van der Waals surface area contributed by atoms with Crippen LogP contribution < -0.4 is 10.3 Å². The predicted octanol–water partition coefficient (Wildman–Crippen LogP) is 3.20. The van der Waals surface area contributed by atoms with Crippen molar-refractivity contribution in [3.8, 4) is 5.75 Å². The Morgan fingerprint density at radius 1 is 1.15 bits per heavy atom. The molecule has 0 spiro atoms. The minimum absolute atomic E-state index is 0.00624. The summed E-state index contributed by atoms with van der Waals surface area (Å²) in [6, 6.07) is 5.97. The summed E-state index contributed by atoms with van der Waals surface area (Å²) in [5.41, 5.74) is 3.43. The number of fused-ring (bicyclic) bond motifs is 3. The number of hydrogen-bond donors (Lipinski definition) is 1. The van der Waals surface area contributed by atoms with Crippen LogP contribution in [0.25, 0.3) is 10.2 Å².